The number of benzene rings is 1. The smallest absolute Gasteiger partial charge is 0.223 e. The van der Waals surface area contributed by atoms with Crippen molar-refractivity contribution in [1.82, 2.24) is 10.6 Å². The molecule has 1 saturated carbocycles. The van der Waals surface area contributed by atoms with E-state index in [-0.39, 0.29) is 24.2 Å². The van der Waals surface area contributed by atoms with Crippen LogP contribution in [0.5, 0.6) is 0 Å². The monoisotopic (exact) mass is 322 g/mol. The molecule has 1 heterocycles. The van der Waals surface area contributed by atoms with Crippen molar-refractivity contribution in [2.45, 2.75) is 39.5 Å². The van der Waals surface area contributed by atoms with Crippen LogP contribution in [0.1, 0.15) is 36.0 Å². The van der Waals surface area contributed by atoms with Gasteiger partial charge in [-0.2, -0.15) is 0 Å². The molecule has 2 fully saturated rings. The fourth-order valence-corrected chi connectivity index (χ4v) is 3.87. The minimum absolute atomic E-state index is 0. The molecule has 2 aliphatic rings. The number of halogens is 1. The molecule has 3 nitrogen and oxygen atoms in total. The number of rotatable bonds is 4. The maximum atomic E-state index is 12.3. The summed E-state index contributed by atoms with van der Waals surface area (Å²) in [5.74, 6) is 0.556. The topological polar surface area (TPSA) is 41.1 Å². The first kappa shape index (κ1) is 17.3. The van der Waals surface area contributed by atoms with E-state index in [0.29, 0.717) is 5.41 Å². The van der Waals surface area contributed by atoms with Gasteiger partial charge in [0.1, 0.15) is 0 Å². The van der Waals surface area contributed by atoms with Gasteiger partial charge in [0.05, 0.1) is 0 Å². The highest BCUT2D eigenvalue weighted by molar-refractivity contribution is 5.85. The molecule has 1 saturated heterocycles. The quantitative estimate of drug-likeness (QED) is 0.895. The Balaban J connectivity index is 0.00000176. The van der Waals surface area contributed by atoms with E-state index in [0.717, 1.165) is 32.5 Å². The predicted octanol–water partition coefficient (Wildman–Crippen LogP) is 2.77. The molecule has 0 aromatic heterocycles. The lowest BCUT2D eigenvalue weighted by molar-refractivity contribution is -0.123. The largest absolute Gasteiger partial charge is 0.356 e. The van der Waals surface area contributed by atoms with E-state index >= 15 is 0 Å². The highest BCUT2D eigenvalue weighted by Gasteiger charge is 2.57. The minimum atomic E-state index is 0. The molecule has 1 aliphatic heterocycles. The Labute approximate surface area is 139 Å². The Hall–Kier alpha value is -1.06. The molecule has 1 atom stereocenters. The van der Waals surface area contributed by atoms with Gasteiger partial charge in [-0.3, -0.25) is 4.79 Å². The van der Waals surface area contributed by atoms with Gasteiger partial charge >= 0.3 is 0 Å². The van der Waals surface area contributed by atoms with Gasteiger partial charge in [0.2, 0.25) is 5.91 Å². The first-order chi connectivity index (χ1) is 10.1. The van der Waals surface area contributed by atoms with Crippen LogP contribution in [0.25, 0.3) is 0 Å². The van der Waals surface area contributed by atoms with Gasteiger partial charge in [-0.1, -0.05) is 18.2 Å². The third kappa shape index (κ3) is 3.47. The van der Waals surface area contributed by atoms with E-state index in [1.807, 2.05) is 0 Å². The predicted molar refractivity (Wildman–Crippen MR) is 92.5 cm³/mol. The lowest BCUT2D eigenvalue weighted by Gasteiger charge is -2.23. The number of carbonyl (C=O) groups excluding carboxylic acids is 1. The summed E-state index contributed by atoms with van der Waals surface area (Å²) in [6.45, 7) is 7.21. The molecule has 4 heteroatoms. The van der Waals surface area contributed by atoms with Crippen LogP contribution in [-0.4, -0.2) is 25.5 Å². The first-order valence-electron chi connectivity index (χ1n) is 8.16. The van der Waals surface area contributed by atoms with Crippen LogP contribution in [-0.2, 0) is 11.2 Å². The van der Waals surface area contributed by atoms with Crippen LogP contribution in [0.15, 0.2) is 18.2 Å². The van der Waals surface area contributed by atoms with E-state index in [2.05, 4.69) is 42.7 Å². The van der Waals surface area contributed by atoms with Crippen LogP contribution < -0.4 is 10.6 Å². The molecule has 2 N–H and O–H groups in total. The maximum absolute atomic E-state index is 12.3. The van der Waals surface area contributed by atoms with Crippen molar-refractivity contribution >= 4 is 18.3 Å². The Morgan fingerprint density at radius 3 is 2.55 bits per heavy atom. The first-order valence-corrected chi connectivity index (χ1v) is 8.16. The van der Waals surface area contributed by atoms with Gasteiger partial charge < -0.3 is 10.6 Å². The summed E-state index contributed by atoms with van der Waals surface area (Å²) >= 11 is 0. The summed E-state index contributed by atoms with van der Waals surface area (Å²) in [4.78, 5) is 12.3. The third-order valence-corrected chi connectivity index (χ3v) is 5.42. The van der Waals surface area contributed by atoms with Crippen LogP contribution >= 0.6 is 12.4 Å². The van der Waals surface area contributed by atoms with Crippen LogP contribution in [0.4, 0.5) is 0 Å². The van der Waals surface area contributed by atoms with Gasteiger partial charge in [0, 0.05) is 12.5 Å². The lowest BCUT2D eigenvalue weighted by Crippen LogP contribution is -2.34. The number of carbonyl (C=O) groups is 1. The van der Waals surface area contributed by atoms with Gasteiger partial charge in [-0.25, -0.2) is 0 Å². The molecule has 0 bridgehead atoms. The van der Waals surface area contributed by atoms with Crippen LogP contribution in [0, 0.1) is 25.2 Å². The van der Waals surface area contributed by atoms with E-state index in [1.165, 1.54) is 29.5 Å². The van der Waals surface area contributed by atoms with Crippen molar-refractivity contribution in [3.8, 4) is 0 Å². The zero-order valence-electron chi connectivity index (χ0n) is 13.6. The number of hydrogen-bond acceptors (Lipinski definition) is 2. The summed E-state index contributed by atoms with van der Waals surface area (Å²) in [6, 6.07) is 6.39. The number of aryl methyl sites for hydroxylation is 2. The van der Waals surface area contributed by atoms with Crippen molar-refractivity contribution in [1.29, 1.82) is 0 Å². The highest BCUT2D eigenvalue weighted by atomic mass is 35.5. The average Bonchev–Trinajstić information content (AvgIpc) is 3.16. The minimum Gasteiger partial charge on any atom is -0.356 e. The molecule has 22 heavy (non-hydrogen) atoms. The van der Waals surface area contributed by atoms with Gasteiger partial charge in [0.25, 0.3) is 0 Å². The highest BCUT2D eigenvalue weighted by Crippen LogP contribution is 2.58. The van der Waals surface area contributed by atoms with Crippen LogP contribution in [0.2, 0.25) is 0 Å². The fraction of sp³-hybridized carbons (Fsp3) is 0.611. The molecule has 1 unspecified atom stereocenters. The molecule has 1 spiro atoms. The Bertz CT molecular complexity index is 518. The summed E-state index contributed by atoms with van der Waals surface area (Å²) < 4.78 is 0. The molecule has 3 rings (SSSR count). The number of amides is 1. The zero-order chi connectivity index (χ0) is 14.9. The van der Waals surface area contributed by atoms with E-state index in [4.69, 9.17) is 0 Å². The summed E-state index contributed by atoms with van der Waals surface area (Å²) in [7, 11) is 0. The lowest BCUT2D eigenvalue weighted by atomic mass is 9.92. The van der Waals surface area contributed by atoms with Crippen molar-refractivity contribution in [2.24, 2.45) is 11.3 Å². The average molecular weight is 323 g/mol. The number of piperidine rings is 1. The standard InChI is InChI=1S/C18H26N2O.ClH/c1-13-4-3-5-14(2)15(13)6-9-20-17(21)16-12-18(16)7-10-19-11-8-18;/h3-5,16,19H,6-12H2,1-2H3,(H,20,21);1H. The Morgan fingerprint density at radius 1 is 1.27 bits per heavy atom. The molecule has 1 aromatic rings. The van der Waals surface area contributed by atoms with Crippen molar-refractivity contribution in [2.75, 3.05) is 19.6 Å². The molecular weight excluding hydrogens is 296 g/mol. The Kier molecular flexibility index (Phi) is 5.51. The molecule has 0 radical (unpaired) electrons. The Morgan fingerprint density at radius 2 is 1.91 bits per heavy atom. The molecular formula is C18H27ClN2O. The number of hydrogen-bond donors (Lipinski definition) is 2. The SMILES string of the molecule is Cc1cccc(C)c1CCNC(=O)C1CC12CCNCC2.Cl. The second-order valence-electron chi connectivity index (χ2n) is 6.78. The van der Waals surface area contributed by atoms with Gasteiger partial charge in [-0.15, -0.1) is 12.4 Å². The normalized spacial score (nSPS) is 22.0. The zero-order valence-corrected chi connectivity index (χ0v) is 14.4. The number of nitrogens with one attached hydrogen (secondary N) is 2. The summed E-state index contributed by atoms with van der Waals surface area (Å²) in [6.07, 6.45) is 4.37. The fourth-order valence-electron chi connectivity index (χ4n) is 3.87. The molecule has 1 aromatic carbocycles. The van der Waals surface area contributed by atoms with Crippen LogP contribution in [0.3, 0.4) is 0 Å². The second-order valence-corrected chi connectivity index (χ2v) is 6.78. The molecule has 122 valence electrons. The maximum Gasteiger partial charge on any atom is 0.223 e. The van der Waals surface area contributed by atoms with Gasteiger partial charge in [0.15, 0.2) is 0 Å². The van der Waals surface area contributed by atoms with E-state index < -0.39 is 0 Å². The van der Waals surface area contributed by atoms with Crippen molar-refractivity contribution in [3.05, 3.63) is 34.9 Å². The van der Waals surface area contributed by atoms with E-state index in [9.17, 15) is 4.79 Å². The molecule has 1 amide bonds. The van der Waals surface area contributed by atoms with Crippen molar-refractivity contribution in [3.63, 3.8) is 0 Å². The summed E-state index contributed by atoms with van der Waals surface area (Å²) in [5.41, 5.74) is 4.37. The summed E-state index contributed by atoms with van der Waals surface area (Å²) in [5, 5.41) is 6.55. The van der Waals surface area contributed by atoms with Gasteiger partial charge in [-0.05, 0) is 74.7 Å². The van der Waals surface area contributed by atoms with Crippen molar-refractivity contribution < 1.29 is 4.79 Å². The molecule has 1 aliphatic carbocycles. The second kappa shape index (κ2) is 7.01. The third-order valence-electron chi connectivity index (χ3n) is 5.42. The van der Waals surface area contributed by atoms with E-state index in [1.54, 1.807) is 0 Å².